The zero-order chi connectivity index (χ0) is 22.9. The van der Waals surface area contributed by atoms with E-state index in [0.29, 0.717) is 11.1 Å². The number of nitriles is 2. The van der Waals surface area contributed by atoms with Crippen molar-refractivity contribution in [2.45, 2.75) is 19.0 Å². The van der Waals surface area contributed by atoms with Crippen LogP contribution in [0.4, 0.5) is 18.9 Å². The second-order valence-corrected chi connectivity index (χ2v) is 6.77. The molecule has 2 aromatic carbocycles. The molecule has 0 spiro atoms. The zero-order valence-corrected chi connectivity index (χ0v) is 16.1. The van der Waals surface area contributed by atoms with Crippen molar-refractivity contribution in [3.63, 3.8) is 0 Å². The second kappa shape index (κ2) is 7.88. The maximum Gasteiger partial charge on any atom is 0.416 e. The molecule has 3 rings (SSSR count). The molecule has 1 heterocycles. The molecule has 156 valence electrons. The van der Waals surface area contributed by atoms with Gasteiger partial charge in [-0.15, -0.1) is 0 Å². The molecule has 3 N–H and O–H groups in total. The predicted molar refractivity (Wildman–Crippen MR) is 105 cm³/mol. The molecule has 0 bridgehead atoms. The smallest absolute Gasteiger partial charge is 0.416 e. The summed E-state index contributed by atoms with van der Waals surface area (Å²) < 4.78 is 39.5. The highest BCUT2D eigenvalue weighted by molar-refractivity contribution is 5.93. The first-order valence-corrected chi connectivity index (χ1v) is 8.91. The summed E-state index contributed by atoms with van der Waals surface area (Å²) in [6, 6.07) is 14.2. The van der Waals surface area contributed by atoms with Crippen molar-refractivity contribution in [2.75, 3.05) is 4.90 Å². The number of carbonyl (C=O) groups is 1. The minimum absolute atomic E-state index is 0.0189. The lowest BCUT2D eigenvalue weighted by Gasteiger charge is -2.35. The number of benzene rings is 2. The lowest BCUT2D eigenvalue weighted by molar-refractivity contribution is -0.137. The molecule has 9 heteroatoms. The predicted octanol–water partition coefficient (Wildman–Crippen LogP) is 4.23. The molecule has 0 aromatic heterocycles. The third-order valence-electron chi connectivity index (χ3n) is 4.98. The summed E-state index contributed by atoms with van der Waals surface area (Å²) in [6.45, 7) is 1.49. The fourth-order valence-electron chi connectivity index (χ4n) is 3.54. The number of carboxylic acid groups (broad SMARTS) is 1. The fourth-order valence-corrected chi connectivity index (χ4v) is 3.54. The van der Waals surface area contributed by atoms with Gasteiger partial charge >= 0.3 is 12.1 Å². The molecule has 6 nitrogen and oxygen atoms in total. The Bertz CT molecular complexity index is 1200. The average molecular weight is 424 g/mol. The van der Waals surface area contributed by atoms with E-state index in [4.69, 9.17) is 11.0 Å². The maximum atomic E-state index is 13.2. The van der Waals surface area contributed by atoms with Gasteiger partial charge in [0, 0.05) is 11.4 Å². The monoisotopic (exact) mass is 424 g/mol. The van der Waals surface area contributed by atoms with Crippen LogP contribution in [0.3, 0.4) is 0 Å². The first-order chi connectivity index (χ1) is 14.6. The van der Waals surface area contributed by atoms with E-state index in [1.165, 1.54) is 43.3 Å². The number of nitrogens with zero attached hydrogens (tertiary/aromatic N) is 3. The highest BCUT2D eigenvalue weighted by Gasteiger charge is 2.38. The van der Waals surface area contributed by atoms with E-state index in [2.05, 4.69) is 0 Å². The molecule has 31 heavy (non-hydrogen) atoms. The molecule has 0 amide bonds. The minimum atomic E-state index is -4.61. The minimum Gasteiger partial charge on any atom is -0.478 e. The van der Waals surface area contributed by atoms with E-state index >= 15 is 0 Å². The van der Waals surface area contributed by atoms with E-state index in [9.17, 15) is 28.3 Å². The molecule has 0 radical (unpaired) electrons. The zero-order valence-electron chi connectivity index (χ0n) is 16.1. The summed E-state index contributed by atoms with van der Waals surface area (Å²) in [5, 5.41) is 28.6. The number of rotatable bonds is 3. The quantitative estimate of drug-likeness (QED) is 0.762. The van der Waals surface area contributed by atoms with Gasteiger partial charge in [0.2, 0.25) is 0 Å². The molecular weight excluding hydrogens is 409 g/mol. The van der Waals surface area contributed by atoms with Crippen LogP contribution in [0.2, 0.25) is 0 Å². The number of halogens is 3. The van der Waals surface area contributed by atoms with Crippen molar-refractivity contribution in [3.05, 3.63) is 87.9 Å². The van der Waals surface area contributed by atoms with Gasteiger partial charge in [0.05, 0.1) is 40.3 Å². The Kier molecular flexibility index (Phi) is 5.46. The van der Waals surface area contributed by atoms with Crippen LogP contribution in [0.5, 0.6) is 0 Å². The molecule has 2 aromatic rings. The maximum absolute atomic E-state index is 13.2. The van der Waals surface area contributed by atoms with Crippen LogP contribution in [0, 0.1) is 22.7 Å². The number of anilines is 1. The van der Waals surface area contributed by atoms with Crippen molar-refractivity contribution in [1.29, 1.82) is 10.5 Å². The Morgan fingerprint density at radius 2 is 1.77 bits per heavy atom. The summed E-state index contributed by atoms with van der Waals surface area (Å²) in [5.41, 5.74) is 5.85. The number of nitrogens with two attached hydrogens (primary N) is 1. The third-order valence-corrected chi connectivity index (χ3v) is 4.98. The van der Waals surface area contributed by atoms with E-state index in [0.717, 1.165) is 17.0 Å². The van der Waals surface area contributed by atoms with E-state index in [1.54, 1.807) is 0 Å². The standard InChI is InChI=1S/C22H15F3N4O2/c1-12-17(11-27)18(14-7-5-13(10-26)6-8-14)19(21(30)31)20(28)29(12)16-4-2-3-15(9-16)22(23,24)25/h2-9,18H,28H2,1H3,(H,30,31). The number of carboxylic acids is 1. The van der Waals surface area contributed by atoms with E-state index in [-0.39, 0.29) is 28.4 Å². The number of hydrogen-bond donors (Lipinski definition) is 2. The Labute approximate surface area is 175 Å². The molecule has 1 unspecified atom stereocenters. The summed E-state index contributed by atoms with van der Waals surface area (Å²) in [5.74, 6) is -2.75. The van der Waals surface area contributed by atoms with Gasteiger partial charge in [-0.2, -0.15) is 23.7 Å². The molecule has 1 atom stereocenters. The number of hydrogen-bond acceptors (Lipinski definition) is 5. The van der Waals surface area contributed by atoms with Crippen molar-refractivity contribution in [3.8, 4) is 12.1 Å². The molecule has 1 aliphatic heterocycles. The number of allylic oxidation sites excluding steroid dienone is 2. The topological polar surface area (TPSA) is 114 Å². The van der Waals surface area contributed by atoms with Crippen molar-refractivity contribution >= 4 is 11.7 Å². The lowest BCUT2D eigenvalue weighted by Crippen LogP contribution is -2.36. The van der Waals surface area contributed by atoms with Crippen molar-refractivity contribution in [2.24, 2.45) is 5.73 Å². The summed E-state index contributed by atoms with van der Waals surface area (Å²) >= 11 is 0. The third kappa shape index (κ3) is 3.81. The highest BCUT2D eigenvalue weighted by atomic mass is 19.4. The van der Waals surface area contributed by atoms with E-state index < -0.39 is 23.6 Å². The molecule has 0 saturated carbocycles. The van der Waals surface area contributed by atoms with Gasteiger partial charge in [0.1, 0.15) is 5.82 Å². The largest absolute Gasteiger partial charge is 0.478 e. The average Bonchev–Trinajstić information content (AvgIpc) is 2.73. The highest BCUT2D eigenvalue weighted by Crippen LogP contribution is 2.43. The lowest BCUT2D eigenvalue weighted by atomic mass is 9.81. The van der Waals surface area contributed by atoms with Crippen LogP contribution >= 0.6 is 0 Å². The molecule has 0 aliphatic carbocycles. The summed E-state index contributed by atoms with van der Waals surface area (Å²) in [4.78, 5) is 13.3. The first-order valence-electron chi connectivity index (χ1n) is 8.91. The van der Waals surface area contributed by atoms with Crippen molar-refractivity contribution < 1.29 is 23.1 Å². The van der Waals surface area contributed by atoms with Gasteiger partial charge < -0.3 is 10.8 Å². The number of aliphatic carboxylic acids is 1. The van der Waals surface area contributed by atoms with Crippen molar-refractivity contribution in [1.82, 2.24) is 0 Å². The van der Waals surface area contributed by atoms with Gasteiger partial charge in [-0.25, -0.2) is 4.79 Å². The Balaban J connectivity index is 2.24. The Morgan fingerprint density at radius 1 is 1.13 bits per heavy atom. The SMILES string of the molecule is CC1=C(C#N)C(c2ccc(C#N)cc2)C(C(=O)O)=C(N)N1c1cccc(C(F)(F)F)c1. The van der Waals surface area contributed by atoms with Crippen LogP contribution in [0.15, 0.2) is 71.2 Å². The van der Waals surface area contributed by atoms with Crippen LogP contribution in [0.25, 0.3) is 0 Å². The van der Waals surface area contributed by atoms with Gasteiger partial charge in [-0.1, -0.05) is 18.2 Å². The number of alkyl halides is 3. The van der Waals surface area contributed by atoms with Gasteiger partial charge in [0.15, 0.2) is 0 Å². The fraction of sp³-hybridized carbons (Fsp3) is 0.136. The Hall–Kier alpha value is -4.24. The molecule has 1 aliphatic rings. The normalized spacial score (nSPS) is 16.7. The summed E-state index contributed by atoms with van der Waals surface area (Å²) in [7, 11) is 0. The van der Waals surface area contributed by atoms with E-state index in [1.807, 2.05) is 12.1 Å². The van der Waals surface area contributed by atoms with Gasteiger partial charge in [0.25, 0.3) is 0 Å². The molecule has 0 fully saturated rings. The Morgan fingerprint density at radius 3 is 2.29 bits per heavy atom. The van der Waals surface area contributed by atoms with Gasteiger partial charge in [-0.05, 0) is 42.8 Å². The van der Waals surface area contributed by atoms with Crippen LogP contribution in [-0.2, 0) is 11.0 Å². The first kappa shape index (κ1) is 21.5. The van der Waals surface area contributed by atoms with Crippen LogP contribution in [0.1, 0.15) is 29.5 Å². The molecule has 0 saturated heterocycles. The van der Waals surface area contributed by atoms with Crippen LogP contribution in [-0.4, -0.2) is 11.1 Å². The molecular formula is C22H15F3N4O2. The summed E-state index contributed by atoms with van der Waals surface area (Å²) in [6.07, 6.45) is -4.61. The second-order valence-electron chi connectivity index (χ2n) is 6.77. The van der Waals surface area contributed by atoms with Gasteiger partial charge in [-0.3, -0.25) is 4.90 Å². The van der Waals surface area contributed by atoms with Crippen LogP contribution < -0.4 is 10.6 Å².